The van der Waals surface area contributed by atoms with Gasteiger partial charge in [-0.2, -0.15) is 5.26 Å². The van der Waals surface area contributed by atoms with Gasteiger partial charge >= 0.3 is 0 Å². The molecule has 3 heterocycles. The monoisotopic (exact) mass is 461 g/mol. The van der Waals surface area contributed by atoms with Crippen molar-refractivity contribution in [1.29, 1.82) is 5.26 Å². The Morgan fingerprint density at radius 1 is 1.15 bits per heavy atom. The van der Waals surface area contributed by atoms with Gasteiger partial charge in [0.15, 0.2) is 5.65 Å². The summed E-state index contributed by atoms with van der Waals surface area (Å²) in [5.41, 5.74) is 4.16. The lowest BCUT2D eigenvalue weighted by atomic mass is 9.79. The standard InChI is InChI=1S/C26H28FN5O2/c1-16-9-20(15-31-17(2)29-30-25(16)31)10-18-3-5-21(6-4-18)26(33)32-24(7-8-34-32)22-11-19(14-28)12-23(27)13-22/h9,11-13,15,18,21,24H,3-8,10H2,1-2H3/t18-,21-,24-/m0/s1. The Labute approximate surface area is 198 Å². The number of aryl methyl sites for hydroxylation is 2. The van der Waals surface area contributed by atoms with Gasteiger partial charge in [-0.25, -0.2) is 9.45 Å². The molecule has 0 N–H and O–H groups in total. The molecular weight excluding hydrogens is 433 g/mol. The molecule has 0 unspecified atom stereocenters. The Morgan fingerprint density at radius 3 is 2.71 bits per heavy atom. The molecule has 7 nitrogen and oxygen atoms in total. The SMILES string of the molecule is Cc1cc(C[C@H]2CC[C@H](C(=O)N3OCC[C@H]3c3cc(F)cc(C#N)c3)CC2)cn2c(C)nnc12. The molecule has 0 bridgehead atoms. The summed E-state index contributed by atoms with van der Waals surface area (Å²) < 4.78 is 16.0. The van der Waals surface area contributed by atoms with E-state index in [1.165, 1.54) is 22.8 Å². The summed E-state index contributed by atoms with van der Waals surface area (Å²) in [5, 5.41) is 19.0. The number of hydroxylamine groups is 2. The first-order chi connectivity index (χ1) is 16.4. The fraction of sp³-hybridized carbons (Fsp3) is 0.462. The highest BCUT2D eigenvalue weighted by atomic mass is 19.1. The Balaban J connectivity index is 1.23. The van der Waals surface area contributed by atoms with Crippen molar-refractivity contribution in [2.45, 2.75) is 58.4 Å². The minimum atomic E-state index is -0.469. The van der Waals surface area contributed by atoms with E-state index in [1.54, 1.807) is 6.07 Å². The molecule has 1 amide bonds. The maximum Gasteiger partial charge on any atom is 0.249 e. The quantitative estimate of drug-likeness (QED) is 0.567. The molecule has 1 aliphatic carbocycles. The van der Waals surface area contributed by atoms with Gasteiger partial charge in [0.1, 0.15) is 11.6 Å². The van der Waals surface area contributed by atoms with Gasteiger partial charge in [0.25, 0.3) is 0 Å². The van der Waals surface area contributed by atoms with Crippen LogP contribution < -0.4 is 0 Å². The fourth-order valence-electron chi connectivity index (χ4n) is 5.44. The van der Waals surface area contributed by atoms with Crippen molar-refractivity contribution in [3.8, 4) is 6.07 Å². The van der Waals surface area contributed by atoms with Crippen molar-refractivity contribution in [2.24, 2.45) is 11.8 Å². The normalized spacial score (nSPS) is 22.8. The minimum absolute atomic E-state index is 0.0268. The van der Waals surface area contributed by atoms with Gasteiger partial charge in [0.05, 0.1) is 24.3 Å². The summed E-state index contributed by atoms with van der Waals surface area (Å²) in [5.74, 6) is 0.819. The van der Waals surface area contributed by atoms with Crippen LogP contribution >= 0.6 is 0 Å². The van der Waals surface area contributed by atoms with Gasteiger partial charge < -0.3 is 0 Å². The van der Waals surface area contributed by atoms with Crippen LogP contribution in [0.3, 0.4) is 0 Å². The number of carbonyl (C=O) groups is 1. The molecule has 176 valence electrons. The zero-order valence-corrected chi connectivity index (χ0v) is 19.5. The Hall–Kier alpha value is -3.31. The number of nitrogens with zero attached hydrogens (tertiary/aromatic N) is 5. The number of amides is 1. The number of carbonyl (C=O) groups excluding carboxylic acids is 1. The smallest absolute Gasteiger partial charge is 0.249 e. The second-order valence-corrected chi connectivity index (χ2v) is 9.58. The molecule has 2 aromatic heterocycles. The van der Waals surface area contributed by atoms with E-state index < -0.39 is 5.82 Å². The number of hydrogen-bond donors (Lipinski definition) is 0. The maximum absolute atomic E-state index is 14.0. The van der Waals surface area contributed by atoms with E-state index in [9.17, 15) is 14.4 Å². The second kappa shape index (κ2) is 9.15. The average Bonchev–Trinajstić information content (AvgIpc) is 3.46. The van der Waals surface area contributed by atoms with Crippen LogP contribution in [-0.2, 0) is 16.1 Å². The third-order valence-electron chi connectivity index (χ3n) is 7.19. The molecule has 2 fully saturated rings. The average molecular weight is 462 g/mol. The number of rotatable bonds is 4. The highest BCUT2D eigenvalue weighted by Crippen LogP contribution is 2.37. The summed E-state index contributed by atoms with van der Waals surface area (Å²) in [4.78, 5) is 19.0. The van der Waals surface area contributed by atoms with Gasteiger partial charge in [0.2, 0.25) is 5.91 Å². The molecule has 1 atom stereocenters. The lowest BCUT2D eigenvalue weighted by molar-refractivity contribution is -0.183. The molecule has 1 saturated heterocycles. The van der Waals surface area contributed by atoms with Crippen LogP contribution in [0.4, 0.5) is 4.39 Å². The lowest BCUT2D eigenvalue weighted by Crippen LogP contribution is -2.36. The van der Waals surface area contributed by atoms with E-state index in [0.29, 0.717) is 24.5 Å². The van der Waals surface area contributed by atoms with E-state index >= 15 is 0 Å². The molecule has 1 aromatic carbocycles. The number of fused-ring (bicyclic) bond motifs is 1. The number of halogens is 1. The van der Waals surface area contributed by atoms with Gasteiger partial charge in [0, 0.05) is 18.5 Å². The predicted molar refractivity (Wildman–Crippen MR) is 123 cm³/mol. The van der Waals surface area contributed by atoms with Gasteiger partial charge in [-0.15, -0.1) is 10.2 Å². The third-order valence-corrected chi connectivity index (χ3v) is 7.19. The van der Waals surface area contributed by atoms with Crippen molar-refractivity contribution >= 4 is 11.6 Å². The summed E-state index contributed by atoms with van der Waals surface area (Å²) in [7, 11) is 0. The largest absolute Gasteiger partial charge is 0.286 e. The first kappa shape index (κ1) is 22.5. The van der Waals surface area contributed by atoms with E-state index in [4.69, 9.17) is 4.84 Å². The van der Waals surface area contributed by atoms with Crippen molar-refractivity contribution in [3.05, 3.63) is 64.4 Å². The zero-order valence-electron chi connectivity index (χ0n) is 19.5. The zero-order chi connectivity index (χ0) is 23.8. The van der Waals surface area contributed by atoms with Crippen molar-refractivity contribution in [3.63, 3.8) is 0 Å². The van der Waals surface area contributed by atoms with Gasteiger partial charge in [-0.05, 0) is 86.8 Å². The molecule has 8 heteroatoms. The van der Waals surface area contributed by atoms with Crippen molar-refractivity contribution in [1.82, 2.24) is 19.7 Å². The van der Waals surface area contributed by atoms with Crippen LogP contribution in [0.25, 0.3) is 5.65 Å². The maximum atomic E-state index is 14.0. The summed E-state index contributed by atoms with van der Waals surface area (Å²) in [6.45, 7) is 4.43. The van der Waals surface area contributed by atoms with Crippen molar-refractivity contribution < 1.29 is 14.0 Å². The molecule has 1 aliphatic heterocycles. The molecular formula is C26H28FN5O2. The van der Waals surface area contributed by atoms with Crippen LogP contribution in [0.2, 0.25) is 0 Å². The van der Waals surface area contributed by atoms with E-state index in [-0.39, 0.29) is 23.4 Å². The number of aromatic nitrogens is 3. The van der Waals surface area contributed by atoms with E-state index in [1.807, 2.05) is 13.0 Å². The third kappa shape index (κ3) is 4.28. The second-order valence-electron chi connectivity index (χ2n) is 9.58. The van der Waals surface area contributed by atoms with Crippen LogP contribution in [0, 0.1) is 42.8 Å². The number of pyridine rings is 1. The number of benzene rings is 1. The Bertz CT molecular complexity index is 1270. The Kier molecular flexibility index (Phi) is 6.05. The topological polar surface area (TPSA) is 83.5 Å². The van der Waals surface area contributed by atoms with Crippen LogP contribution in [0.15, 0.2) is 30.5 Å². The van der Waals surface area contributed by atoms with Crippen molar-refractivity contribution in [2.75, 3.05) is 6.61 Å². The van der Waals surface area contributed by atoms with E-state index in [2.05, 4.69) is 33.8 Å². The summed E-state index contributed by atoms with van der Waals surface area (Å²) in [6.07, 6.45) is 7.28. The lowest BCUT2D eigenvalue weighted by Gasteiger charge is -2.32. The number of hydrogen-bond acceptors (Lipinski definition) is 5. The first-order valence-corrected chi connectivity index (χ1v) is 11.9. The Morgan fingerprint density at radius 2 is 1.94 bits per heavy atom. The highest BCUT2D eigenvalue weighted by Gasteiger charge is 2.37. The molecule has 2 aliphatic rings. The van der Waals surface area contributed by atoms with Crippen LogP contribution in [-0.4, -0.2) is 32.2 Å². The first-order valence-electron chi connectivity index (χ1n) is 11.9. The molecule has 1 saturated carbocycles. The molecule has 0 radical (unpaired) electrons. The fourth-order valence-corrected chi connectivity index (χ4v) is 5.44. The molecule has 34 heavy (non-hydrogen) atoms. The van der Waals surface area contributed by atoms with Gasteiger partial charge in [-0.1, -0.05) is 6.07 Å². The molecule has 0 spiro atoms. The summed E-state index contributed by atoms with van der Waals surface area (Å²) >= 11 is 0. The van der Waals surface area contributed by atoms with E-state index in [0.717, 1.165) is 49.1 Å². The van der Waals surface area contributed by atoms with Crippen LogP contribution in [0.5, 0.6) is 0 Å². The summed E-state index contributed by atoms with van der Waals surface area (Å²) in [6, 6.07) is 8.08. The number of nitriles is 1. The van der Waals surface area contributed by atoms with Gasteiger partial charge in [-0.3, -0.25) is 14.0 Å². The highest BCUT2D eigenvalue weighted by molar-refractivity contribution is 5.78. The molecule has 3 aromatic rings. The predicted octanol–water partition coefficient (Wildman–Crippen LogP) is 4.61. The van der Waals surface area contributed by atoms with Crippen LogP contribution in [0.1, 0.15) is 66.2 Å². The minimum Gasteiger partial charge on any atom is -0.286 e. The molecule has 5 rings (SSSR count).